The van der Waals surface area contributed by atoms with Gasteiger partial charge in [-0.05, 0) is 13.3 Å². The minimum atomic E-state index is -0.398. The molecule has 1 aliphatic heterocycles. The Bertz CT molecular complexity index is 172. The molecule has 0 bridgehead atoms. The van der Waals surface area contributed by atoms with Crippen molar-refractivity contribution in [1.29, 1.82) is 5.41 Å². The highest BCUT2D eigenvalue weighted by Gasteiger charge is 2.26. The zero-order chi connectivity index (χ0) is 9.14. The normalized spacial score (nSPS) is 30.4. The SMILES string of the molecule is CC(=N)N1CCC(O)C(CO)C1. The highest BCUT2D eigenvalue weighted by molar-refractivity contribution is 5.76. The molecule has 0 aromatic heterocycles. The van der Waals surface area contributed by atoms with E-state index >= 15 is 0 Å². The molecule has 1 rings (SSSR count). The summed E-state index contributed by atoms with van der Waals surface area (Å²) in [6.45, 7) is 3.07. The smallest absolute Gasteiger partial charge is 0.0925 e. The van der Waals surface area contributed by atoms with E-state index in [0.717, 1.165) is 6.54 Å². The minimum Gasteiger partial charge on any atom is -0.396 e. The lowest BCUT2D eigenvalue weighted by Crippen LogP contribution is -2.46. The Morgan fingerprint density at radius 1 is 1.67 bits per heavy atom. The average Bonchev–Trinajstić information content (AvgIpc) is 2.05. The lowest BCUT2D eigenvalue weighted by atomic mass is 9.95. The van der Waals surface area contributed by atoms with E-state index in [1.807, 2.05) is 4.90 Å². The van der Waals surface area contributed by atoms with Crippen molar-refractivity contribution >= 4 is 5.84 Å². The van der Waals surface area contributed by atoms with Gasteiger partial charge >= 0.3 is 0 Å². The number of aliphatic hydroxyl groups excluding tert-OH is 2. The summed E-state index contributed by atoms with van der Waals surface area (Å²) in [6, 6.07) is 0. The average molecular weight is 172 g/mol. The van der Waals surface area contributed by atoms with Crippen LogP contribution < -0.4 is 0 Å². The molecule has 0 saturated carbocycles. The highest BCUT2D eigenvalue weighted by Crippen LogP contribution is 2.16. The third-order valence-electron chi connectivity index (χ3n) is 2.40. The van der Waals surface area contributed by atoms with E-state index in [-0.39, 0.29) is 12.5 Å². The molecule has 1 fully saturated rings. The van der Waals surface area contributed by atoms with E-state index in [4.69, 9.17) is 10.5 Å². The van der Waals surface area contributed by atoms with E-state index in [1.54, 1.807) is 6.92 Å². The summed E-state index contributed by atoms with van der Waals surface area (Å²) in [5, 5.41) is 25.7. The van der Waals surface area contributed by atoms with Gasteiger partial charge in [0.15, 0.2) is 0 Å². The molecule has 2 unspecified atom stereocenters. The zero-order valence-electron chi connectivity index (χ0n) is 7.32. The second-order valence-corrected chi connectivity index (χ2v) is 3.33. The van der Waals surface area contributed by atoms with E-state index in [2.05, 4.69) is 0 Å². The molecule has 0 aromatic carbocycles. The van der Waals surface area contributed by atoms with Gasteiger partial charge in [0.25, 0.3) is 0 Å². The molecule has 1 heterocycles. The molecule has 4 nitrogen and oxygen atoms in total. The third-order valence-corrected chi connectivity index (χ3v) is 2.40. The Morgan fingerprint density at radius 3 is 2.83 bits per heavy atom. The summed E-state index contributed by atoms with van der Waals surface area (Å²) in [6.07, 6.45) is 0.257. The van der Waals surface area contributed by atoms with Gasteiger partial charge in [0.05, 0.1) is 18.5 Å². The first kappa shape index (κ1) is 9.48. The monoisotopic (exact) mass is 172 g/mol. The molecule has 4 heteroatoms. The van der Waals surface area contributed by atoms with Crippen molar-refractivity contribution in [2.75, 3.05) is 19.7 Å². The minimum absolute atomic E-state index is 0.00491. The first-order valence-electron chi connectivity index (χ1n) is 4.24. The van der Waals surface area contributed by atoms with Crippen molar-refractivity contribution in [2.45, 2.75) is 19.4 Å². The summed E-state index contributed by atoms with van der Waals surface area (Å²) in [7, 11) is 0. The predicted molar refractivity (Wildman–Crippen MR) is 46.2 cm³/mol. The van der Waals surface area contributed by atoms with Crippen LogP contribution in [0.1, 0.15) is 13.3 Å². The number of nitrogens with zero attached hydrogens (tertiary/aromatic N) is 1. The number of hydrogen-bond acceptors (Lipinski definition) is 3. The van der Waals surface area contributed by atoms with Crippen LogP contribution in [0.2, 0.25) is 0 Å². The second-order valence-electron chi connectivity index (χ2n) is 3.33. The summed E-state index contributed by atoms with van der Waals surface area (Å²) < 4.78 is 0. The number of hydrogen-bond donors (Lipinski definition) is 3. The molecule has 12 heavy (non-hydrogen) atoms. The van der Waals surface area contributed by atoms with Gasteiger partial charge in [0, 0.05) is 19.0 Å². The Kier molecular flexibility index (Phi) is 3.05. The zero-order valence-corrected chi connectivity index (χ0v) is 7.32. The molecular weight excluding hydrogens is 156 g/mol. The van der Waals surface area contributed by atoms with Crippen LogP contribution >= 0.6 is 0 Å². The lowest BCUT2D eigenvalue weighted by Gasteiger charge is -2.35. The van der Waals surface area contributed by atoms with Gasteiger partial charge < -0.3 is 15.1 Å². The van der Waals surface area contributed by atoms with E-state index in [1.165, 1.54) is 0 Å². The van der Waals surface area contributed by atoms with Crippen molar-refractivity contribution in [3.05, 3.63) is 0 Å². The van der Waals surface area contributed by atoms with Crippen LogP contribution in [0.5, 0.6) is 0 Å². The number of rotatable bonds is 1. The van der Waals surface area contributed by atoms with E-state index < -0.39 is 6.10 Å². The molecule has 3 N–H and O–H groups in total. The number of aliphatic hydroxyl groups is 2. The van der Waals surface area contributed by atoms with Crippen LogP contribution in [0.4, 0.5) is 0 Å². The quantitative estimate of drug-likeness (QED) is 0.374. The third kappa shape index (κ3) is 1.95. The topological polar surface area (TPSA) is 67.6 Å². The molecule has 1 aliphatic rings. The van der Waals surface area contributed by atoms with Gasteiger partial charge in [-0.2, -0.15) is 0 Å². The van der Waals surface area contributed by atoms with Crippen LogP contribution in [0.15, 0.2) is 0 Å². The van der Waals surface area contributed by atoms with Gasteiger partial charge in [0.1, 0.15) is 0 Å². The number of amidine groups is 1. The summed E-state index contributed by atoms with van der Waals surface area (Å²) in [5.41, 5.74) is 0. The van der Waals surface area contributed by atoms with Gasteiger partial charge in [-0.3, -0.25) is 5.41 Å². The van der Waals surface area contributed by atoms with Crippen LogP contribution in [-0.4, -0.2) is 46.7 Å². The Labute approximate surface area is 72.3 Å². The van der Waals surface area contributed by atoms with Gasteiger partial charge in [-0.25, -0.2) is 0 Å². The first-order chi connectivity index (χ1) is 5.65. The van der Waals surface area contributed by atoms with Crippen LogP contribution in [-0.2, 0) is 0 Å². The fraction of sp³-hybridized carbons (Fsp3) is 0.875. The molecule has 0 amide bonds. The van der Waals surface area contributed by atoms with Crippen LogP contribution in [0.3, 0.4) is 0 Å². The van der Waals surface area contributed by atoms with Crippen molar-refractivity contribution in [1.82, 2.24) is 4.90 Å². The predicted octanol–water partition coefficient (Wildman–Crippen LogP) is -0.341. The van der Waals surface area contributed by atoms with Crippen molar-refractivity contribution in [3.63, 3.8) is 0 Å². The Balaban J connectivity index is 2.49. The maximum Gasteiger partial charge on any atom is 0.0925 e. The lowest BCUT2D eigenvalue weighted by molar-refractivity contribution is 0.0195. The summed E-state index contributed by atoms with van der Waals surface area (Å²) in [5.74, 6) is 0.430. The molecule has 0 aliphatic carbocycles. The molecular formula is C8H16N2O2. The molecule has 0 radical (unpaired) electrons. The van der Waals surface area contributed by atoms with Gasteiger partial charge in [-0.15, -0.1) is 0 Å². The first-order valence-corrected chi connectivity index (χ1v) is 4.24. The van der Waals surface area contributed by atoms with Crippen molar-refractivity contribution in [3.8, 4) is 0 Å². The van der Waals surface area contributed by atoms with E-state index in [9.17, 15) is 5.11 Å². The largest absolute Gasteiger partial charge is 0.396 e. The highest BCUT2D eigenvalue weighted by atomic mass is 16.3. The molecule has 0 spiro atoms. The number of likely N-dealkylation sites (tertiary alicyclic amines) is 1. The Hall–Kier alpha value is -0.610. The maximum atomic E-state index is 9.41. The molecule has 2 atom stereocenters. The fourth-order valence-corrected chi connectivity index (χ4v) is 1.50. The standard InChI is InChI=1S/C8H16N2O2/c1-6(9)10-3-2-8(12)7(4-10)5-11/h7-9,11-12H,2-5H2,1H3. The van der Waals surface area contributed by atoms with Gasteiger partial charge in [-0.1, -0.05) is 0 Å². The number of nitrogens with one attached hydrogen (secondary N) is 1. The molecule has 70 valence electrons. The van der Waals surface area contributed by atoms with Crippen molar-refractivity contribution in [2.24, 2.45) is 5.92 Å². The van der Waals surface area contributed by atoms with E-state index in [0.29, 0.717) is 18.8 Å². The van der Waals surface area contributed by atoms with Crippen LogP contribution in [0.25, 0.3) is 0 Å². The number of piperidine rings is 1. The van der Waals surface area contributed by atoms with Crippen LogP contribution in [0, 0.1) is 11.3 Å². The molecule has 0 aromatic rings. The maximum absolute atomic E-state index is 9.41. The fourth-order valence-electron chi connectivity index (χ4n) is 1.50. The Morgan fingerprint density at radius 2 is 2.33 bits per heavy atom. The summed E-state index contributed by atoms with van der Waals surface area (Å²) >= 11 is 0. The van der Waals surface area contributed by atoms with Crippen molar-refractivity contribution < 1.29 is 10.2 Å². The second kappa shape index (κ2) is 3.87. The summed E-state index contributed by atoms with van der Waals surface area (Å²) in [4.78, 5) is 1.88. The molecule has 1 saturated heterocycles. The van der Waals surface area contributed by atoms with Gasteiger partial charge in [0.2, 0.25) is 0 Å².